The standard InChI is InChI=1S/C58H62N4O/c1-55(2,3)39-24-27-50-49(33-39)48-26-25-46(36-52(48)62(50)53-34-40(28-29-59-53)56(4,5)6)63-45-21-16-20-43(35-45)60-37-61(44-31-41(57(7,8)9)30-42(32-44)58(10,11)12)54-47(22-17-23-51(54)60)38-18-14-13-15-19-38/h13-36H,37H2,1-12H3. The van der Waals surface area contributed by atoms with E-state index in [4.69, 9.17) is 9.72 Å². The van der Waals surface area contributed by atoms with Gasteiger partial charge in [-0.05, 0) is 116 Å². The second-order valence-electron chi connectivity index (χ2n) is 21.6. The molecular weight excluding hydrogens is 769 g/mol. The van der Waals surface area contributed by atoms with Crippen LogP contribution in [0.1, 0.15) is 105 Å². The van der Waals surface area contributed by atoms with Crippen LogP contribution in [-0.2, 0) is 21.7 Å². The summed E-state index contributed by atoms with van der Waals surface area (Å²) in [5.74, 6) is 2.46. The van der Waals surface area contributed by atoms with Gasteiger partial charge in [0, 0.05) is 46.0 Å². The summed E-state index contributed by atoms with van der Waals surface area (Å²) in [6.07, 6.45) is 1.94. The number of fused-ring (bicyclic) bond motifs is 4. The number of nitrogens with zero attached hydrogens (tertiary/aromatic N) is 4. The molecule has 0 N–H and O–H groups in total. The Bertz CT molecular complexity index is 2970. The van der Waals surface area contributed by atoms with Crippen LogP contribution in [-0.4, -0.2) is 16.2 Å². The van der Waals surface area contributed by atoms with Crippen molar-refractivity contribution in [3.05, 3.63) is 168 Å². The molecule has 8 aromatic rings. The second kappa shape index (κ2) is 15.2. The summed E-state index contributed by atoms with van der Waals surface area (Å²) in [6.45, 7) is 28.1. The van der Waals surface area contributed by atoms with Gasteiger partial charge in [-0.2, -0.15) is 0 Å². The minimum absolute atomic E-state index is 0.0113. The lowest BCUT2D eigenvalue weighted by Gasteiger charge is -2.30. The van der Waals surface area contributed by atoms with E-state index in [1.165, 1.54) is 55.5 Å². The molecule has 63 heavy (non-hydrogen) atoms. The topological polar surface area (TPSA) is 33.5 Å². The number of ether oxygens (including phenoxy) is 1. The molecule has 0 atom stereocenters. The summed E-state index contributed by atoms with van der Waals surface area (Å²) in [4.78, 5) is 9.89. The van der Waals surface area contributed by atoms with Crippen LogP contribution in [0.3, 0.4) is 0 Å². The third kappa shape index (κ3) is 7.99. The Morgan fingerprint density at radius 3 is 1.79 bits per heavy atom. The van der Waals surface area contributed by atoms with Gasteiger partial charge in [0.2, 0.25) is 0 Å². The fraction of sp³-hybridized carbons (Fsp3) is 0.293. The summed E-state index contributed by atoms with van der Waals surface area (Å²) in [6, 6.07) is 51.0. The van der Waals surface area contributed by atoms with Gasteiger partial charge < -0.3 is 14.5 Å². The molecule has 2 aromatic heterocycles. The van der Waals surface area contributed by atoms with Crippen molar-refractivity contribution in [2.75, 3.05) is 16.5 Å². The van der Waals surface area contributed by atoms with E-state index in [0.717, 1.165) is 39.7 Å². The maximum atomic E-state index is 6.85. The van der Waals surface area contributed by atoms with Crippen molar-refractivity contribution in [3.63, 3.8) is 0 Å². The molecular formula is C58H62N4O. The van der Waals surface area contributed by atoms with E-state index in [0.29, 0.717) is 6.67 Å². The first kappa shape index (κ1) is 42.0. The first-order valence-corrected chi connectivity index (χ1v) is 22.5. The SMILES string of the molecule is CC(C)(C)c1cc(N2CN(c3cccc(Oc4ccc5c6cc(C(C)(C)C)ccc6n(-c6cc(C(C)(C)C)ccn6)c5c4)c3)c3cccc(-c4ccccc4)c32)cc(C(C)(C)C)c1. The maximum Gasteiger partial charge on any atom is 0.137 e. The van der Waals surface area contributed by atoms with Gasteiger partial charge in [-0.3, -0.25) is 4.57 Å². The van der Waals surface area contributed by atoms with Gasteiger partial charge in [-0.25, -0.2) is 4.98 Å². The van der Waals surface area contributed by atoms with Crippen molar-refractivity contribution in [2.45, 2.75) is 105 Å². The van der Waals surface area contributed by atoms with E-state index in [2.05, 4.69) is 237 Å². The molecule has 0 spiro atoms. The highest BCUT2D eigenvalue weighted by Crippen LogP contribution is 2.51. The van der Waals surface area contributed by atoms with Crippen molar-refractivity contribution >= 4 is 44.6 Å². The average molecular weight is 831 g/mol. The van der Waals surface area contributed by atoms with Gasteiger partial charge in [0.15, 0.2) is 0 Å². The number of hydrogen-bond acceptors (Lipinski definition) is 4. The number of anilines is 4. The lowest BCUT2D eigenvalue weighted by Crippen LogP contribution is -2.25. The molecule has 0 aliphatic carbocycles. The summed E-state index contributed by atoms with van der Waals surface area (Å²) >= 11 is 0. The molecule has 3 heterocycles. The van der Waals surface area contributed by atoms with E-state index < -0.39 is 0 Å². The summed E-state index contributed by atoms with van der Waals surface area (Å²) < 4.78 is 9.16. The highest BCUT2D eigenvalue weighted by Gasteiger charge is 2.33. The Morgan fingerprint density at radius 1 is 0.460 bits per heavy atom. The Labute approximate surface area is 375 Å². The largest absolute Gasteiger partial charge is 0.457 e. The predicted octanol–water partition coefficient (Wildman–Crippen LogP) is 16.1. The fourth-order valence-electron chi connectivity index (χ4n) is 8.87. The van der Waals surface area contributed by atoms with Crippen LogP contribution in [0.2, 0.25) is 0 Å². The molecule has 0 fully saturated rings. The Balaban J connectivity index is 1.14. The van der Waals surface area contributed by atoms with Crippen LogP contribution in [0.5, 0.6) is 11.5 Å². The predicted molar refractivity (Wildman–Crippen MR) is 267 cm³/mol. The van der Waals surface area contributed by atoms with Gasteiger partial charge in [-0.1, -0.05) is 144 Å². The van der Waals surface area contributed by atoms with Crippen molar-refractivity contribution in [1.82, 2.24) is 9.55 Å². The van der Waals surface area contributed by atoms with Crippen molar-refractivity contribution < 1.29 is 4.74 Å². The number of rotatable bonds is 6. The van der Waals surface area contributed by atoms with Gasteiger partial charge in [0.25, 0.3) is 0 Å². The molecule has 0 saturated heterocycles. The smallest absolute Gasteiger partial charge is 0.137 e. The lowest BCUT2D eigenvalue weighted by atomic mass is 9.80. The van der Waals surface area contributed by atoms with Crippen LogP contribution in [0.4, 0.5) is 22.7 Å². The van der Waals surface area contributed by atoms with Crippen LogP contribution in [0.25, 0.3) is 38.8 Å². The third-order valence-corrected chi connectivity index (χ3v) is 12.7. The van der Waals surface area contributed by atoms with Crippen molar-refractivity contribution in [1.29, 1.82) is 0 Å². The summed E-state index contributed by atoms with van der Waals surface area (Å²) in [5.41, 5.74) is 14.4. The van der Waals surface area contributed by atoms with Gasteiger partial charge >= 0.3 is 0 Å². The molecule has 1 aliphatic heterocycles. The minimum atomic E-state index is -0.0169. The van der Waals surface area contributed by atoms with Gasteiger partial charge in [0.05, 0.1) is 22.4 Å². The molecule has 5 heteroatoms. The van der Waals surface area contributed by atoms with Crippen LogP contribution < -0.4 is 14.5 Å². The number of hydrogen-bond donors (Lipinski definition) is 0. The molecule has 1 aliphatic rings. The average Bonchev–Trinajstić information content (AvgIpc) is 3.79. The Morgan fingerprint density at radius 2 is 1.11 bits per heavy atom. The van der Waals surface area contributed by atoms with Gasteiger partial charge in [-0.15, -0.1) is 0 Å². The van der Waals surface area contributed by atoms with E-state index in [1.54, 1.807) is 0 Å². The highest BCUT2D eigenvalue weighted by atomic mass is 16.5. The number of pyridine rings is 1. The molecule has 6 aromatic carbocycles. The number of benzene rings is 6. The molecule has 5 nitrogen and oxygen atoms in total. The van der Waals surface area contributed by atoms with E-state index >= 15 is 0 Å². The first-order chi connectivity index (χ1) is 29.7. The molecule has 0 bridgehead atoms. The molecule has 320 valence electrons. The monoisotopic (exact) mass is 830 g/mol. The zero-order chi connectivity index (χ0) is 44.6. The summed E-state index contributed by atoms with van der Waals surface area (Å²) in [7, 11) is 0. The molecule has 0 amide bonds. The quantitative estimate of drug-likeness (QED) is 0.167. The van der Waals surface area contributed by atoms with Crippen molar-refractivity contribution in [2.24, 2.45) is 0 Å². The first-order valence-electron chi connectivity index (χ1n) is 22.5. The second-order valence-corrected chi connectivity index (χ2v) is 21.6. The zero-order valence-corrected chi connectivity index (χ0v) is 39.3. The molecule has 0 radical (unpaired) electrons. The highest BCUT2D eigenvalue weighted by molar-refractivity contribution is 6.10. The minimum Gasteiger partial charge on any atom is -0.457 e. The van der Waals surface area contributed by atoms with E-state index in [9.17, 15) is 0 Å². The maximum absolute atomic E-state index is 6.85. The molecule has 0 unspecified atom stereocenters. The van der Waals surface area contributed by atoms with Crippen LogP contribution >= 0.6 is 0 Å². The number of para-hydroxylation sites is 1. The van der Waals surface area contributed by atoms with Crippen LogP contribution in [0, 0.1) is 0 Å². The molecule has 0 saturated carbocycles. The normalized spacial score (nSPS) is 13.6. The van der Waals surface area contributed by atoms with Crippen LogP contribution in [0.15, 0.2) is 146 Å². The Kier molecular flexibility index (Phi) is 10.1. The molecule has 9 rings (SSSR count). The number of aromatic nitrogens is 2. The van der Waals surface area contributed by atoms with Gasteiger partial charge in [0.1, 0.15) is 24.0 Å². The fourth-order valence-corrected chi connectivity index (χ4v) is 8.87. The van der Waals surface area contributed by atoms with E-state index in [-0.39, 0.29) is 21.7 Å². The Hall–Kier alpha value is -6.33. The van der Waals surface area contributed by atoms with Crippen molar-refractivity contribution in [3.8, 4) is 28.4 Å². The summed E-state index contributed by atoms with van der Waals surface area (Å²) in [5, 5.41) is 2.39. The third-order valence-electron chi connectivity index (χ3n) is 12.7. The van der Waals surface area contributed by atoms with E-state index in [1.807, 2.05) is 6.20 Å². The zero-order valence-electron chi connectivity index (χ0n) is 39.3. The lowest BCUT2D eigenvalue weighted by molar-refractivity contribution is 0.483.